The fourth-order valence-electron chi connectivity index (χ4n) is 3.54. The molecule has 2 heteroatoms. The topological polar surface area (TPSA) is 35.2 Å². The Morgan fingerprint density at radius 2 is 1.84 bits per heavy atom. The third-order valence-electron chi connectivity index (χ3n) is 4.66. The van der Waals surface area contributed by atoms with Crippen LogP contribution in [-0.2, 0) is 0 Å². The van der Waals surface area contributed by atoms with Gasteiger partial charge >= 0.3 is 0 Å². The lowest BCUT2D eigenvalue weighted by molar-refractivity contribution is 0.306. The first kappa shape index (κ1) is 14.4. The summed E-state index contributed by atoms with van der Waals surface area (Å²) in [5.41, 5.74) is 10.1. The molecule has 0 saturated heterocycles. The van der Waals surface area contributed by atoms with Crippen molar-refractivity contribution in [2.45, 2.75) is 51.9 Å². The molecule has 0 amide bonds. The predicted molar refractivity (Wildman–Crippen MR) is 80.8 cm³/mol. The van der Waals surface area contributed by atoms with Gasteiger partial charge in [-0.15, -0.1) is 0 Å². The molecule has 2 nitrogen and oxygen atoms in total. The van der Waals surface area contributed by atoms with Gasteiger partial charge < -0.3 is 10.5 Å². The maximum Gasteiger partial charge on any atom is 0.122 e. The van der Waals surface area contributed by atoms with Crippen LogP contribution in [0, 0.1) is 19.8 Å². The van der Waals surface area contributed by atoms with Crippen LogP contribution in [0.2, 0.25) is 0 Å². The summed E-state index contributed by atoms with van der Waals surface area (Å²) in [6, 6.07) is 4.45. The van der Waals surface area contributed by atoms with E-state index in [2.05, 4.69) is 26.0 Å². The maximum atomic E-state index is 6.09. The Kier molecular flexibility index (Phi) is 4.87. The number of hydrogen-bond donors (Lipinski definition) is 1. The Hall–Kier alpha value is -1.02. The number of rotatable bonds is 4. The lowest BCUT2D eigenvalue weighted by Gasteiger charge is -2.31. The van der Waals surface area contributed by atoms with Gasteiger partial charge in [0, 0.05) is 0 Å². The van der Waals surface area contributed by atoms with Crippen molar-refractivity contribution in [2.75, 3.05) is 13.7 Å². The van der Waals surface area contributed by atoms with Crippen LogP contribution in [0.25, 0.3) is 0 Å². The summed E-state index contributed by atoms with van der Waals surface area (Å²) in [4.78, 5) is 0. The van der Waals surface area contributed by atoms with Crippen LogP contribution in [0.5, 0.6) is 5.75 Å². The predicted octanol–water partition coefficient (Wildman–Crippen LogP) is 3.93. The van der Waals surface area contributed by atoms with Gasteiger partial charge in [-0.3, -0.25) is 0 Å². The first-order valence-corrected chi connectivity index (χ1v) is 7.52. The van der Waals surface area contributed by atoms with Crippen molar-refractivity contribution in [3.63, 3.8) is 0 Å². The molecule has 0 spiro atoms. The zero-order valence-electron chi connectivity index (χ0n) is 12.5. The molecule has 1 saturated carbocycles. The second kappa shape index (κ2) is 6.42. The molecule has 0 aliphatic heterocycles. The molecule has 1 aromatic carbocycles. The van der Waals surface area contributed by atoms with Gasteiger partial charge in [0.1, 0.15) is 5.75 Å². The molecule has 0 aromatic heterocycles. The minimum Gasteiger partial charge on any atom is -0.496 e. The van der Waals surface area contributed by atoms with Crippen molar-refractivity contribution < 1.29 is 4.74 Å². The van der Waals surface area contributed by atoms with E-state index < -0.39 is 0 Å². The molecule has 19 heavy (non-hydrogen) atoms. The lowest BCUT2D eigenvalue weighted by atomic mass is 9.75. The lowest BCUT2D eigenvalue weighted by Crippen LogP contribution is -2.24. The molecule has 0 bridgehead atoms. The quantitative estimate of drug-likeness (QED) is 0.891. The summed E-state index contributed by atoms with van der Waals surface area (Å²) in [5.74, 6) is 2.27. The van der Waals surface area contributed by atoms with Gasteiger partial charge in [0.25, 0.3) is 0 Å². The third-order valence-corrected chi connectivity index (χ3v) is 4.66. The second-order valence-electron chi connectivity index (χ2n) is 5.92. The highest BCUT2D eigenvalue weighted by Crippen LogP contribution is 2.38. The van der Waals surface area contributed by atoms with E-state index in [4.69, 9.17) is 10.5 Å². The zero-order chi connectivity index (χ0) is 13.8. The molecule has 1 aliphatic rings. The Labute approximate surface area is 117 Å². The van der Waals surface area contributed by atoms with Crippen LogP contribution < -0.4 is 10.5 Å². The SMILES string of the molecule is COc1cc(C)c(C(CN)C2CCCCC2)cc1C. The third kappa shape index (κ3) is 3.11. The van der Waals surface area contributed by atoms with Crippen LogP contribution in [0.4, 0.5) is 0 Å². The summed E-state index contributed by atoms with van der Waals surface area (Å²) >= 11 is 0. The summed E-state index contributed by atoms with van der Waals surface area (Å²) < 4.78 is 5.41. The van der Waals surface area contributed by atoms with Crippen molar-refractivity contribution in [2.24, 2.45) is 11.7 Å². The minimum absolute atomic E-state index is 0.518. The summed E-state index contributed by atoms with van der Waals surface area (Å²) in [6.45, 7) is 5.07. The maximum absolute atomic E-state index is 6.09. The van der Waals surface area contributed by atoms with E-state index in [1.807, 2.05) is 0 Å². The minimum atomic E-state index is 0.518. The highest BCUT2D eigenvalue weighted by molar-refractivity contribution is 5.43. The highest BCUT2D eigenvalue weighted by Gasteiger charge is 2.25. The van der Waals surface area contributed by atoms with Crippen molar-refractivity contribution in [1.29, 1.82) is 0 Å². The fraction of sp³-hybridized carbons (Fsp3) is 0.647. The van der Waals surface area contributed by atoms with Crippen molar-refractivity contribution >= 4 is 0 Å². The van der Waals surface area contributed by atoms with Crippen molar-refractivity contribution in [1.82, 2.24) is 0 Å². The van der Waals surface area contributed by atoms with Crippen LogP contribution >= 0.6 is 0 Å². The van der Waals surface area contributed by atoms with E-state index in [9.17, 15) is 0 Å². The number of nitrogens with two attached hydrogens (primary N) is 1. The van der Waals surface area contributed by atoms with Crippen molar-refractivity contribution in [3.05, 3.63) is 28.8 Å². The number of ether oxygens (including phenoxy) is 1. The van der Waals surface area contributed by atoms with E-state index >= 15 is 0 Å². The number of hydrogen-bond acceptors (Lipinski definition) is 2. The van der Waals surface area contributed by atoms with E-state index in [1.165, 1.54) is 48.8 Å². The zero-order valence-corrected chi connectivity index (χ0v) is 12.5. The molecule has 0 heterocycles. The van der Waals surface area contributed by atoms with Gasteiger partial charge in [-0.25, -0.2) is 0 Å². The number of methoxy groups -OCH3 is 1. The number of aryl methyl sites for hydroxylation is 2. The van der Waals surface area contributed by atoms with E-state index in [0.29, 0.717) is 5.92 Å². The van der Waals surface area contributed by atoms with Crippen molar-refractivity contribution in [3.8, 4) is 5.75 Å². The Bertz CT molecular complexity index is 422. The summed E-state index contributed by atoms with van der Waals surface area (Å²) in [6.07, 6.45) is 6.82. The Morgan fingerprint density at radius 3 is 2.42 bits per heavy atom. The van der Waals surface area contributed by atoms with Gasteiger partial charge in [-0.2, -0.15) is 0 Å². The van der Waals surface area contributed by atoms with E-state index in [0.717, 1.165) is 18.2 Å². The second-order valence-corrected chi connectivity index (χ2v) is 5.92. The molecule has 1 unspecified atom stereocenters. The monoisotopic (exact) mass is 261 g/mol. The Balaban J connectivity index is 2.29. The fourth-order valence-corrected chi connectivity index (χ4v) is 3.54. The standard InChI is InChI=1S/C17H27NO/c1-12-10-17(19-3)13(2)9-15(12)16(11-18)14-7-5-4-6-8-14/h9-10,14,16H,4-8,11,18H2,1-3H3. The molecular weight excluding hydrogens is 234 g/mol. The van der Waals surface area contributed by atoms with Crippen LogP contribution in [0.15, 0.2) is 12.1 Å². The Morgan fingerprint density at radius 1 is 1.16 bits per heavy atom. The smallest absolute Gasteiger partial charge is 0.122 e. The highest BCUT2D eigenvalue weighted by atomic mass is 16.5. The molecule has 1 aliphatic carbocycles. The summed E-state index contributed by atoms with van der Waals surface area (Å²) in [7, 11) is 1.74. The largest absolute Gasteiger partial charge is 0.496 e. The van der Waals surface area contributed by atoms with E-state index in [1.54, 1.807) is 7.11 Å². The average Bonchev–Trinajstić information content (AvgIpc) is 2.44. The van der Waals surface area contributed by atoms with Gasteiger partial charge in [0.2, 0.25) is 0 Å². The molecule has 1 aromatic rings. The molecule has 106 valence electrons. The first-order chi connectivity index (χ1) is 9.17. The van der Waals surface area contributed by atoms with Crippen LogP contribution in [-0.4, -0.2) is 13.7 Å². The number of benzene rings is 1. The van der Waals surface area contributed by atoms with E-state index in [-0.39, 0.29) is 0 Å². The summed E-state index contributed by atoms with van der Waals surface area (Å²) in [5, 5.41) is 0. The van der Waals surface area contributed by atoms with Crippen LogP contribution in [0.1, 0.15) is 54.7 Å². The van der Waals surface area contributed by atoms with Gasteiger partial charge in [-0.05, 0) is 67.8 Å². The molecule has 2 rings (SSSR count). The molecule has 1 atom stereocenters. The molecule has 1 fully saturated rings. The average molecular weight is 261 g/mol. The molecule has 2 N–H and O–H groups in total. The van der Waals surface area contributed by atoms with Crippen LogP contribution in [0.3, 0.4) is 0 Å². The van der Waals surface area contributed by atoms with Gasteiger partial charge in [0.15, 0.2) is 0 Å². The molecule has 0 radical (unpaired) electrons. The van der Waals surface area contributed by atoms with Gasteiger partial charge in [0.05, 0.1) is 7.11 Å². The normalized spacial score (nSPS) is 18.3. The molecular formula is C17H27NO. The van der Waals surface area contributed by atoms with Gasteiger partial charge in [-0.1, -0.05) is 25.3 Å². The first-order valence-electron chi connectivity index (χ1n) is 7.52.